The molecule has 1 unspecified atom stereocenters. The van der Waals surface area contributed by atoms with Crippen LogP contribution in [0.2, 0.25) is 0 Å². The van der Waals surface area contributed by atoms with Crippen LogP contribution in [0.3, 0.4) is 0 Å². The van der Waals surface area contributed by atoms with Crippen LogP contribution < -0.4 is 5.73 Å². The van der Waals surface area contributed by atoms with Crippen LogP contribution in [0, 0.1) is 10.1 Å². The lowest BCUT2D eigenvalue weighted by Crippen LogP contribution is -2.22. The number of carbonyl (C=O) groups is 1. The lowest BCUT2D eigenvalue weighted by molar-refractivity contribution is -0.384. The molecule has 0 radical (unpaired) electrons. The number of benzene rings is 1. The summed E-state index contributed by atoms with van der Waals surface area (Å²) in [4.78, 5) is 21.7. The van der Waals surface area contributed by atoms with Gasteiger partial charge in [0.25, 0.3) is 5.69 Å². The van der Waals surface area contributed by atoms with E-state index in [0.29, 0.717) is 12.0 Å². The third-order valence-corrected chi connectivity index (χ3v) is 2.35. The molecule has 5 heteroatoms. The zero-order chi connectivity index (χ0) is 12.1. The largest absolute Gasteiger partial charge is 0.327 e. The number of hydrogen-bond acceptors (Lipinski definition) is 4. The molecular weight excluding hydrogens is 208 g/mol. The average molecular weight is 222 g/mol. The van der Waals surface area contributed by atoms with Crippen molar-refractivity contribution < 1.29 is 9.72 Å². The van der Waals surface area contributed by atoms with E-state index < -0.39 is 4.92 Å². The minimum atomic E-state index is -0.517. The number of rotatable bonds is 5. The minimum Gasteiger partial charge on any atom is -0.327 e. The fourth-order valence-corrected chi connectivity index (χ4v) is 1.29. The minimum absolute atomic E-state index is 0.0732. The third kappa shape index (κ3) is 3.13. The van der Waals surface area contributed by atoms with Crippen molar-refractivity contribution in [1.29, 1.82) is 0 Å². The maximum absolute atomic E-state index is 11.7. The molecule has 1 aromatic carbocycles. The molecule has 0 bridgehead atoms. The number of carbonyl (C=O) groups excluding carboxylic acids is 1. The highest BCUT2D eigenvalue weighted by atomic mass is 16.6. The topological polar surface area (TPSA) is 86.2 Å². The SMILES string of the molecule is CCC(N)CC(=O)c1cccc([N+](=O)[O-])c1. The van der Waals surface area contributed by atoms with Gasteiger partial charge in [-0.25, -0.2) is 0 Å². The summed E-state index contributed by atoms with van der Waals surface area (Å²) in [5.74, 6) is -0.155. The highest BCUT2D eigenvalue weighted by Gasteiger charge is 2.13. The number of non-ortho nitro benzene ring substituents is 1. The lowest BCUT2D eigenvalue weighted by Gasteiger charge is -2.06. The third-order valence-electron chi connectivity index (χ3n) is 2.35. The first-order valence-electron chi connectivity index (χ1n) is 5.07. The molecule has 5 nitrogen and oxygen atoms in total. The first-order valence-corrected chi connectivity index (χ1v) is 5.07. The van der Waals surface area contributed by atoms with Crippen LogP contribution in [0.15, 0.2) is 24.3 Å². The number of Topliss-reactive ketones (excluding diaryl/α,β-unsaturated/α-hetero) is 1. The number of ketones is 1. The van der Waals surface area contributed by atoms with Crippen molar-refractivity contribution in [3.63, 3.8) is 0 Å². The molecule has 0 heterocycles. The Bertz CT molecular complexity index is 404. The summed E-state index contributed by atoms with van der Waals surface area (Å²) in [5.41, 5.74) is 5.93. The van der Waals surface area contributed by atoms with Crippen LogP contribution in [-0.4, -0.2) is 16.7 Å². The van der Waals surface area contributed by atoms with E-state index in [1.54, 1.807) is 6.07 Å². The summed E-state index contributed by atoms with van der Waals surface area (Å²) in [6.07, 6.45) is 0.929. The average Bonchev–Trinajstić information content (AvgIpc) is 2.28. The Balaban J connectivity index is 2.83. The van der Waals surface area contributed by atoms with Gasteiger partial charge in [-0.3, -0.25) is 14.9 Å². The molecule has 16 heavy (non-hydrogen) atoms. The first kappa shape index (κ1) is 12.3. The van der Waals surface area contributed by atoms with Crippen LogP contribution >= 0.6 is 0 Å². The van der Waals surface area contributed by atoms with E-state index in [-0.39, 0.29) is 23.9 Å². The predicted octanol–water partition coefficient (Wildman–Crippen LogP) is 1.90. The molecule has 1 atom stereocenters. The van der Waals surface area contributed by atoms with Gasteiger partial charge in [-0.05, 0) is 6.42 Å². The second-order valence-electron chi connectivity index (χ2n) is 3.60. The molecule has 0 fully saturated rings. The summed E-state index contributed by atoms with van der Waals surface area (Å²) >= 11 is 0. The highest BCUT2D eigenvalue weighted by molar-refractivity contribution is 5.96. The van der Waals surface area contributed by atoms with Crippen molar-refractivity contribution in [3.05, 3.63) is 39.9 Å². The smallest absolute Gasteiger partial charge is 0.270 e. The molecule has 0 saturated heterocycles. The van der Waals surface area contributed by atoms with Crippen molar-refractivity contribution in [2.24, 2.45) is 5.73 Å². The Morgan fingerprint density at radius 3 is 2.81 bits per heavy atom. The Morgan fingerprint density at radius 2 is 2.25 bits per heavy atom. The van der Waals surface area contributed by atoms with Crippen LogP contribution in [0.5, 0.6) is 0 Å². The summed E-state index contributed by atoms with van der Waals surface area (Å²) in [6, 6.07) is 5.52. The van der Waals surface area contributed by atoms with Crippen molar-refractivity contribution in [2.75, 3.05) is 0 Å². The molecule has 0 spiro atoms. The van der Waals surface area contributed by atoms with Gasteiger partial charge in [-0.1, -0.05) is 19.1 Å². The lowest BCUT2D eigenvalue weighted by atomic mass is 10.0. The van der Waals surface area contributed by atoms with Gasteiger partial charge in [0.05, 0.1) is 4.92 Å². The molecule has 1 rings (SSSR count). The van der Waals surface area contributed by atoms with Gasteiger partial charge in [0.1, 0.15) is 0 Å². The van der Waals surface area contributed by atoms with Crippen molar-refractivity contribution >= 4 is 11.5 Å². The fourth-order valence-electron chi connectivity index (χ4n) is 1.29. The Morgan fingerprint density at radius 1 is 1.56 bits per heavy atom. The van der Waals surface area contributed by atoms with E-state index in [1.807, 2.05) is 6.92 Å². The fraction of sp³-hybridized carbons (Fsp3) is 0.364. The van der Waals surface area contributed by atoms with Crippen molar-refractivity contribution in [3.8, 4) is 0 Å². The number of nitrogens with zero attached hydrogens (tertiary/aromatic N) is 1. The summed E-state index contributed by atoms with van der Waals surface area (Å²) in [7, 11) is 0. The summed E-state index contributed by atoms with van der Waals surface area (Å²) in [6.45, 7) is 1.89. The van der Waals surface area contributed by atoms with Gasteiger partial charge in [-0.15, -0.1) is 0 Å². The Hall–Kier alpha value is -1.75. The number of nitrogens with two attached hydrogens (primary N) is 1. The second kappa shape index (κ2) is 5.37. The van der Waals surface area contributed by atoms with Gasteiger partial charge >= 0.3 is 0 Å². The molecule has 0 amide bonds. The zero-order valence-electron chi connectivity index (χ0n) is 9.05. The predicted molar refractivity (Wildman–Crippen MR) is 60.3 cm³/mol. The molecule has 0 aliphatic heterocycles. The molecular formula is C11H14N2O3. The standard InChI is InChI=1S/C11H14N2O3/c1-2-9(12)7-11(14)8-4-3-5-10(6-8)13(15)16/h3-6,9H,2,7,12H2,1H3. The molecule has 86 valence electrons. The van der Waals surface area contributed by atoms with E-state index in [2.05, 4.69) is 0 Å². The quantitative estimate of drug-likeness (QED) is 0.468. The number of nitro groups is 1. The molecule has 0 aromatic heterocycles. The summed E-state index contributed by atoms with van der Waals surface area (Å²) < 4.78 is 0. The normalized spacial score (nSPS) is 12.1. The molecule has 0 aliphatic rings. The van der Waals surface area contributed by atoms with Gasteiger partial charge in [-0.2, -0.15) is 0 Å². The first-order chi connectivity index (χ1) is 7.54. The van der Waals surface area contributed by atoms with Crippen LogP contribution in [0.4, 0.5) is 5.69 Å². The Kier molecular flexibility index (Phi) is 4.13. The van der Waals surface area contributed by atoms with Gasteiger partial charge in [0.15, 0.2) is 5.78 Å². The van der Waals surface area contributed by atoms with Crippen LogP contribution in [-0.2, 0) is 0 Å². The second-order valence-corrected chi connectivity index (χ2v) is 3.60. The van der Waals surface area contributed by atoms with E-state index in [1.165, 1.54) is 18.2 Å². The maximum Gasteiger partial charge on any atom is 0.270 e. The van der Waals surface area contributed by atoms with Crippen molar-refractivity contribution in [1.82, 2.24) is 0 Å². The number of hydrogen-bond donors (Lipinski definition) is 1. The molecule has 1 aromatic rings. The van der Waals surface area contributed by atoms with E-state index in [9.17, 15) is 14.9 Å². The van der Waals surface area contributed by atoms with Gasteiger partial charge < -0.3 is 5.73 Å². The molecule has 2 N–H and O–H groups in total. The van der Waals surface area contributed by atoms with E-state index in [4.69, 9.17) is 5.73 Å². The van der Waals surface area contributed by atoms with Crippen LogP contribution in [0.25, 0.3) is 0 Å². The maximum atomic E-state index is 11.7. The highest BCUT2D eigenvalue weighted by Crippen LogP contribution is 2.15. The summed E-state index contributed by atoms with van der Waals surface area (Å²) in [5, 5.41) is 10.5. The molecule has 0 saturated carbocycles. The zero-order valence-corrected chi connectivity index (χ0v) is 9.05. The van der Waals surface area contributed by atoms with Crippen LogP contribution in [0.1, 0.15) is 30.1 Å². The van der Waals surface area contributed by atoms with E-state index in [0.717, 1.165) is 0 Å². The Labute approximate surface area is 93.4 Å². The number of nitro benzene ring substituents is 1. The van der Waals surface area contributed by atoms with Gasteiger partial charge in [0, 0.05) is 30.2 Å². The molecule has 0 aliphatic carbocycles. The monoisotopic (exact) mass is 222 g/mol. The van der Waals surface area contributed by atoms with E-state index >= 15 is 0 Å². The van der Waals surface area contributed by atoms with Crippen molar-refractivity contribution in [2.45, 2.75) is 25.8 Å². The van der Waals surface area contributed by atoms with Gasteiger partial charge in [0.2, 0.25) is 0 Å².